The van der Waals surface area contributed by atoms with Crippen LogP contribution in [0.1, 0.15) is 24.0 Å². The number of nitrogens with zero attached hydrogens (tertiary/aromatic N) is 1. The number of nitrogens with one attached hydrogen (secondary N) is 1. The van der Waals surface area contributed by atoms with Gasteiger partial charge in [0, 0.05) is 36.9 Å². The largest absolute Gasteiger partial charge is 0.371 e. The number of halogens is 1. The van der Waals surface area contributed by atoms with Crippen LogP contribution in [-0.2, 0) is 13.1 Å². The van der Waals surface area contributed by atoms with E-state index in [1.807, 2.05) is 18.2 Å². The van der Waals surface area contributed by atoms with Crippen molar-refractivity contribution in [1.29, 1.82) is 0 Å². The van der Waals surface area contributed by atoms with Crippen molar-refractivity contribution in [1.82, 2.24) is 5.32 Å². The predicted octanol–water partition coefficient (Wildman–Crippen LogP) is 4.23. The van der Waals surface area contributed by atoms with Gasteiger partial charge in [-0.1, -0.05) is 41.9 Å². The first-order valence-electron chi connectivity index (χ1n) is 7.61. The van der Waals surface area contributed by atoms with Gasteiger partial charge in [-0.25, -0.2) is 0 Å². The van der Waals surface area contributed by atoms with Crippen LogP contribution in [0.25, 0.3) is 0 Å². The van der Waals surface area contributed by atoms with Crippen LogP contribution in [0.3, 0.4) is 0 Å². The van der Waals surface area contributed by atoms with Crippen LogP contribution in [-0.4, -0.2) is 13.1 Å². The molecular formula is C18H21ClN2. The minimum absolute atomic E-state index is 0.798. The molecule has 2 aromatic rings. The average Bonchev–Trinajstić information content (AvgIpc) is 3.02. The molecule has 2 nitrogen and oxygen atoms in total. The molecule has 3 rings (SSSR count). The van der Waals surface area contributed by atoms with Crippen LogP contribution in [0, 0.1) is 0 Å². The second-order valence-electron chi connectivity index (χ2n) is 5.56. The van der Waals surface area contributed by atoms with Crippen molar-refractivity contribution in [3.63, 3.8) is 0 Å². The zero-order valence-electron chi connectivity index (χ0n) is 12.2. The van der Waals surface area contributed by atoms with Gasteiger partial charge in [0.25, 0.3) is 0 Å². The highest BCUT2D eigenvalue weighted by Crippen LogP contribution is 2.24. The highest BCUT2D eigenvalue weighted by Gasteiger charge is 2.14. The van der Waals surface area contributed by atoms with E-state index in [4.69, 9.17) is 11.6 Å². The van der Waals surface area contributed by atoms with Gasteiger partial charge in [-0.2, -0.15) is 0 Å². The van der Waals surface area contributed by atoms with Crippen LogP contribution in [0.2, 0.25) is 5.02 Å². The Labute approximate surface area is 131 Å². The third kappa shape index (κ3) is 3.78. The zero-order valence-corrected chi connectivity index (χ0v) is 12.9. The molecular weight excluding hydrogens is 280 g/mol. The van der Waals surface area contributed by atoms with E-state index in [9.17, 15) is 0 Å². The molecule has 0 saturated carbocycles. The maximum Gasteiger partial charge on any atom is 0.0411 e. The van der Waals surface area contributed by atoms with E-state index in [0.29, 0.717) is 0 Å². The van der Waals surface area contributed by atoms with E-state index in [1.165, 1.54) is 42.7 Å². The Morgan fingerprint density at radius 3 is 2.57 bits per heavy atom. The molecule has 0 aromatic heterocycles. The molecule has 0 aliphatic carbocycles. The molecule has 1 N–H and O–H groups in total. The summed E-state index contributed by atoms with van der Waals surface area (Å²) in [4.78, 5) is 2.50. The van der Waals surface area contributed by atoms with Crippen molar-refractivity contribution in [3.8, 4) is 0 Å². The molecule has 21 heavy (non-hydrogen) atoms. The first kappa shape index (κ1) is 14.4. The van der Waals surface area contributed by atoms with Gasteiger partial charge in [-0.15, -0.1) is 0 Å². The lowest BCUT2D eigenvalue weighted by Gasteiger charge is -2.21. The molecule has 1 fully saturated rings. The summed E-state index contributed by atoms with van der Waals surface area (Å²) in [6, 6.07) is 16.7. The topological polar surface area (TPSA) is 15.3 Å². The van der Waals surface area contributed by atoms with Crippen LogP contribution < -0.4 is 10.2 Å². The lowest BCUT2D eigenvalue weighted by molar-refractivity contribution is 0.691. The summed E-state index contributed by atoms with van der Waals surface area (Å²) >= 11 is 6.02. The predicted molar refractivity (Wildman–Crippen MR) is 89.9 cm³/mol. The summed E-state index contributed by atoms with van der Waals surface area (Å²) in [7, 11) is 0. The van der Waals surface area contributed by atoms with Gasteiger partial charge in [0.15, 0.2) is 0 Å². The van der Waals surface area contributed by atoms with E-state index in [0.717, 1.165) is 18.1 Å². The minimum Gasteiger partial charge on any atom is -0.371 e. The Hall–Kier alpha value is -1.51. The van der Waals surface area contributed by atoms with Crippen LogP contribution in [0.4, 0.5) is 5.69 Å². The fourth-order valence-electron chi connectivity index (χ4n) is 2.92. The van der Waals surface area contributed by atoms with Gasteiger partial charge >= 0.3 is 0 Å². The maximum atomic E-state index is 6.02. The third-order valence-electron chi connectivity index (χ3n) is 3.97. The van der Waals surface area contributed by atoms with Crippen LogP contribution >= 0.6 is 11.6 Å². The summed E-state index contributed by atoms with van der Waals surface area (Å²) in [5.41, 5.74) is 3.98. The zero-order chi connectivity index (χ0) is 14.5. The quantitative estimate of drug-likeness (QED) is 0.889. The summed E-state index contributed by atoms with van der Waals surface area (Å²) in [5.74, 6) is 0. The Balaban J connectivity index is 1.62. The highest BCUT2D eigenvalue weighted by molar-refractivity contribution is 6.30. The van der Waals surface area contributed by atoms with Crippen LogP contribution in [0.15, 0.2) is 48.5 Å². The third-order valence-corrected chi connectivity index (χ3v) is 4.21. The lowest BCUT2D eigenvalue weighted by Crippen LogP contribution is -2.21. The number of hydrogen-bond acceptors (Lipinski definition) is 2. The molecule has 2 aromatic carbocycles. The molecule has 0 radical (unpaired) electrons. The standard InChI is InChI=1S/C18H21ClN2/c19-17-8-5-6-15(12-17)13-20-14-16-7-1-2-9-18(16)21-10-3-4-11-21/h1-2,5-9,12,20H,3-4,10-11,13-14H2. The van der Waals surface area contributed by atoms with E-state index in [-0.39, 0.29) is 0 Å². The highest BCUT2D eigenvalue weighted by atomic mass is 35.5. The molecule has 0 atom stereocenters. The van der Waals surface area contributed by atoms with Crippen LogP contribution in [0.5, 0.6) is 0 Å². The minimum atomic E-state index is 0.798. The summed E-state index contributed by atoms with van der Waals surface area (Å²) < 4.78 is 0. The van der Waals surface area contributed by atoms with Gasteiger partial charge in [0.05, 0.1) is 0 Å². The Morgan fingerprint density at radius 1 is 0.952 bits per heavy atom. The Morgan fingerprint density at radius 2 is 1.76 bits per heavy atom. The smallest absolute Gasteiger partial charge is 0.0411 e. The number of para-hydroxylation sites is 1. The second kappa shape index (κ2) is 6.97. The molecule has 0 unspecified atom stereocenters. The average molecular weight is 301 g/mol. The Kier molecular flexibility index (Phi) is 4.79. The summed E-state index contributed by atoms with van der Waals surface area (Å²) in [6.07, 6.45) is 2.62. The fourth-order valence-corrected chi connectivity index (χ4v) is 3.13. The van der Waals surface area contributed by atoms with E-state index in [2.05, 4.69) is 40.5 Å². The molecule has 3 heteroatoms. The van der Waals surface area contributed by atoms with Gasteiger partial charge in [0.2, 0.25) is 0 Å². The van der Waals surface area contributed by atoms with Crippen molar-refractivity contribution in [2.45, 2.75) is 25.9 Å². The maximum absolute atomic E-state index is 6.02. The summed E-state index contributed by atoms with van der Waals surface area (Å²) in [6.45, 7) is 4.10. The Bertz CT molecular complexity index is 591. The van der Waals surface area contributed by atoms with Crippen molar-refractivity contribution in [3.05, 3.63) is 64.7 Å². The molecule has 1 aliphatic heterocycles. The summed E-state index contributed by atoms with van der Waals surface area (Å²) in [5, 5.41) is 4.32. The normalized spacial score (nSPS) is 14.6. The van der Waals surface area contributed by atoms with Crippen molar-refractivity contribution >= 4 is 17.3 Å². The lowest BCUT2D eigenvalue weighted by atomic mass is 10.1. The van der Waals surface area contributed by atoms with Crippen molar-refractivity contribution in [2.75, 3.05) is 18.0 Å². The molecule has 0 bridgehead atoms. The number of anilines is 1. The van der Waals surface area contributed by atoms with Gasteiger partial charge in [0.1, 0.15) is 0 Å². The van der Waals surface area contributed by atoms with Crippen molar-refractivity contribution in [2.24, 2.45) is 0 Å². The van der Waals surface area contributed by atoms with E-state index in [1.54, 1.807) is 0 Å². The van der Waals surface area contributed by atoms with E-state index >= 15 is 0 Å². The second-order valence-corrected chi connectivity index (χ2v) is 5.99. The molecule has 0 spiro atoms. The number of rotatable bonds is 5. The molecule has 110 valence electrons. The first-order chi connectivity index (χ1) is 10.3. The van der Waals surface area contributed by atoms with E-state index < -0.39 is 0 Å². The van der Waals surface area contributed by atoms with Crippen molar-refractivity contribution < 1.29 is 0 Å². The molecule has 0 amide bonds. The molecule has 1 saturated heterocycles. The first-order valence-corrected chi connectivity index (χ1v) is 7.99. The monoisotopic (exact) mass is 300 g/mol. The van der Waals surface area contributed by atoms with Gasteiger partial charge in [-0.3, -0.25) is 0 Å². The SMILES string of the molecule is Clc1cccc(CNCc2ccccc2N2CCCC2)c1. The van der Waals surface area contributed by atoms with Gasteiger partial charge < -0.3 is 10.2 Å². The molecule has 1 aliphatic rings. The fraction of sp³-hybridized carbons (Fsp3) is 0.333. The number of hydrogen-bond donors (Lipinski definition) is 1. The number of benzene rings is 2. The van der Waals surface area contributed by atoms with Gasteiger partial charge in [-0.05, 0) is 42.2 Å². The molecule has 1 heterocycles.